The quantitative estimate of drug-likeness (QED) is 0.839. The zero-order valence-corrected chi connectivity index (χ0v) is 11.2. The van der Waals surface area contributed by atoms with Gasteiger partial charge in [0.15, 0.2) is 0 Å². The number of rotatable bonds is 4. The topological polar surface area (TPSA) is 55.5 Å². The summed E-state index contributed by atoms with van der Waals surface area (Å²) in [6.45, 7) is 0.945. The van der Waals surface area contributed by atoms with Gasteiger partial charge in [-0.1, -0.05) is 24.0 Å². The largest absolute Gasteiger partial charge is 0.488 e. The van der Waals surface area contributed by atoms with Crippen LogP contribution in [0.5, 0.6) is 5.75 Å². The molecule has 1 heterocycles. The molecule has 1 aromatic heterocycles. The molecule has 0 unspecified atom stereocenters. The van der Waals surface area contributed by atoms with Crippen LogP contribution < -0.4 is 10.5 Å². The van der Waals surface area contributed by atoms with E-state index < -0.39 is 0 Å². The molecule has 3 nitrogen and oxygen atoms in total. The maximum Gasteiger partial charge on any atom is 0.122 e. The molecule has 0 aliphatic rings. The summed E-state index contributed by atoms with van der Waals surface area (Å²) in [5.41, 5.74) is 7.18. The lowest BCUT2D eigenvalue weighted by Crippen LogP contribution is -1.93. The van der Waals surface area contributed by atoms with E-state index in [1.165, 1.54) is 0 Å². The van der Waals surface area contributed by atoms with E-state index in [0.717, 1.165) is 21.8 Å². The van der Waals surface area contributed by atoms with Crippen LogP contribution in [0.1, 0.15) is 16.0 Å². The summed E-state index contributed by atoms with van der Waals surface area (Å²) in [7, 11) is 0. The Morgan fingerprint density at radius 1 is 1.26 bits per heavy atom. The Labute approximate surface area is 116 Å². The number of thiophene rings is 1. The Morgan fingerprint density at radius 2 is 2.05 bits per heavy atom. The highest BCUT2D eigenvalue weighted by Gasteiger charge is 2.00. The minimum absolute atomic E-state index is 0.0500. The lowest BCUT2D eigenvalue weighted by molar-refractivity contribution is 0.281. The van der Waals surface area contributed by atoms with Crippen LogP contribution in [0.15, 0.2) is 35.7 Å². The summed E-state index contributed by atoms with van der Waals surface area (Å²) < 4.78 is 5.67. The van der Waals surface area contributed by atoms with E-state index in [1.807, 2.05) is 35.7 Å². The molecule has 0 saturated heterocycles. The van der Waals surface area contributed by atoms with Crippen molar-refractivity contribution in [1.82, 2.24) is 0 Å². The van der Waals surface area contributed by atoms with Gasteiger partial charge in [0.2, 0.25) is 0 Å². The van der Waals surface area contributed by atoms with Gasteiger partial charge in [0.25, 0.3) is 0 Å². The third-order valence-electron chi connectivity index (χ3n) is 2.48. The fraction of sp³-hybridized carbons (Fsp3) is 0.200. The fourth-order valence-corrected chi connectivity index (χ4v) is 2.25. The molecule has 1 aromatic carbocycles. The first-order valence-corrected chi connectivity index (χ1v) is 6.78. The molecule has 0 aliphatic carbocycles. The maximum absolute atomic E-state index is 8.95. The Bertz CT molecular complexity index is 578. The van der Waals surface area contributed by atoms with Gasteiger partial charge in [-0.2, -0.15) is 0 Å². The zero-order chi connectivity index (χ0) is 13.5. The van der Waals surface area contributed by atoms with Crippen molar-refractivity contribution in [3.8, 4) is 17.6 Å². The standard InChI is InChI=1S/C15H15NO2S/c16-7-1-2-13-8-15(19-11-13)10-18-14-5-3-12(9-17)4-6-14/h3-6,8,11,17H,7,9-10,16H2. The highest BCUT2D eigenvalue weighted by Crippen LogP contribution is 2.18. The van der Waals surface area contributed by atoms with Crippen molar-refractivity contribution < 1.29 is 9.84 Å². The highest BCUT2D eigenvalue weighted by molar-refractivity contribution is 7.10. The SMILES string of the molecule is NCC#Cc1csc(COc2ccc(CO)cc2)c1. The summed E-state index contributed by atoms with van der Waals surface area (Å²) in [5.74, 6) is 6.61. The molecule has 3 N–H and O–H groups in total. The van der Waals surface area contributed by atoms with E-state index in [4.69, 9.17) is 15.6 Å². The molecule has 0 amide bonds. The molecule has 0 bridgehead atoms. The average Bonchev–Trinajstić information content (AvgIpc) is 2.91. The molecule has 0 saturated carbocycles. The van der Waals surface area contributed by atoms with Crippen molar-refractivity contribution in [2.24, 2.45) is 5.73 Å². The van der Waals surface area contributed by atoms with Crippen molar-refractivity contribution in [2.45, 2.75) is 13.2 Å². The van der Waals surface area contributed by atoms with Crippen LogP contribution in [0.3, 0.4) is 0 Å². The van der Waals surface area contributed by atoms with Crippen LogP contribution in [0, 0.1) is 11.8 Å². The summed E-state index contributed by atoms with van der Waals surface area (Å²) in [6, 6.07) is 9.42. The third-order valence-corrected chi connectivity index (χ3v) is 3.39. The maximum atomic E-state index is 8.95. The number of aliphatic hydroxyl groups excluding tert-OH is 1. The van der Waals surface area contributed by atoms with Crippen LogP contribution in [0.25, 0.3) is 0 Å². The van der Waals surface area contributed by atoms with Gasteiger partial charge in [-0.3, -0.25) is 0 Å². The summed E-state index contributed by atoms with van der Waals surface area (Å²) in [5, 5.41) is 10.9. The second-order valence-electron chi connectivity index (χ2n) is 3.90. The molecule has 0 atom stereocenters. The van der Waals surface area contributed by atoms with Gasteiger partial charge >= 0.3 is 0 Å². The second-order valence-corrected chi connectivity index (χ2v) is 4.89. The van der Waals surface area contributed by atoms with Gasteiger partial charge in [0.1, 0.15) is 12.4 Å². The van der Waals surface area contributed by atoms with Gasteiger partial charge in [-0.15, -0.1) is 11.3 Å². The predicted molar refractivity (Wildman–Crippen MR) is 76.9 cm³/mol. The lowest BCUT2D eigenvalue weighted by Gasteiger charge is -2.04. The molecule has 4 heteroatoms. The minimum atomic E-state index is 0.0500. The minimum Gasteiger partial charge on any atom is -0.488 e. The van der Waals surface area contributed by atoms with Crippen LogP contribution in [-0.4, -0.2) is 11.7 Å². The first-order chi connectivity index (χ1) is 9.31. The monoisotopic (exact) mass is 273 g/mol. The van der Waals surface area contributed by atoms with E-state index in [0.29, 0.717) is 13.2 Å². The molecule has 2 aromatic rings. The third kappa shape index (κ3) is 4.11. The Morgan fingerprint density at radius 3 is 2.74 bits per heavy atom. The summed E-state index contributed by atoms with van der Waals surface area (Å²) >= 11 is 1.62. The highest BCUT2D eigenvalue weighted by atomic mass is 32.1. The lowest BCUT2D eigenvalue weighted by atomic mass is 10.2. The Kier molecular flexibility index (Phi) is 4.99. The van der Waals surface area contributed by atoms with Crippen LogP contribution in [-0.2, 0) is 13.2 Å². The molecule has 19 heavy (non-hydrogen) atoms. The van der Waals surface area contributed by atoms with Crippen LogP contribution in [0.4, 0.5) is 0 Å². The van der Waals surface area contributed by atoms with Crippen molar-refractivity contribution in [3.05, 3.63) is 51.7 Å². The van der Waals surface area contributed by atoms with Crippen molar-refractivity contribution in [1.29, 1.82) is 0 Å². The molecule has 2 rings (SSSR count). The smallest absolute Gasteiger partial charge is 0.122 e. The normalized spacial score (nSPS) is 9.79. The van der Waals surface area contributed by atoms with Gasteiger partial charge < -0.3 is 15.6 Å². The molecule has 0 radical (unpaired) electrons. The zero-order valence-electron chi connectivity index (χ0n) is 10.4. The van der Waals surface area contributed by atoms with Crippen LogP contribution in [0.2, 0.25) is 0 Å². The number of hydrogen-bond donors (Lipinski definition) is 2. The Balaban J connectivity index is 1.92. The second kappa shape index (κ2) is 6.95. The van der Waals surface area contributed by atoms with E-state index in [2.05, 4.69) is 11.8 Å². The number of ether oxygens (including phenoxy) is 1. The van der Waals surface area contributed by atoms with E-state index in [-0.39, 0.29) is 6.61 Å². The Hall–Kier alpha value is -1.80. The number of hydrogen-bond acceptors (Lipinski definition) is 4. The first kappa shape index (κ1) is 13.6. The van der Waals surface area contributed by atoms with E-state index >= 15 is 0 Å². The van der Waals surface area contributed by atoms with E-state index in [1.54, 1.807) is 11.3 Å². The van der Waals surface area contributed by atoms with Crippen molar-refractivity contribution >= 4 is 11.3 Å². The van der Waals surface area contributed by atoms with Gasteiger partial charge in [-0.25, -0.2) is 0 Å². The molecule has 0 spiro atoms. The molecular formula is C15H15NO2S. The van der Waals surface area contributed by atoms with Crippen LogP contribution >= 0.6 is 11.3 Å². The molecule has 0 fully saturated rings. The molecule has 0 aliphatic heterocycles. The molecule has 98 valence electrons. The van der Waals surface area contributed by atoms with Gasteiger partial charge in [-0.05, 0) is 23.8 Å². The fourth-order valence-electron chi connectivity index (χ4n) is 1.52. The van der Waals surface area contributed by atoms with Gasteiger partial charge in [0, 0.05) is 15.8 Å². The molecular weight excluding hydrogens is 258 g/mol. The predicted octanol–water partition coefficient (Wildman–Crippen LogP) is 2.13. The van der Waals surface area contributed by atoms with E-state index in [9.17, 15) is 0 Å². The van der Waals surface area contributed by atoms with Gasteiger partial charge in [0.05, 0.1) is 13.2 Å². The first-order valence-electron chi connectivity index (χ1n) is 5.91. The number of aliphatic hydroxyl groups is 1. The number of benzene rings is 1. The summed E-state index contributed by atoms with van der Waals surface area (Å²) in [4.78, 5) is 1.12. The average molecular weight is 273 g/mol. The van der Waals surface area contributed by atoms with Crippen molar-refractivity contribution in [2.75, 3.05) is 6.54 Å². The summed E-state index contributed by atoms with van der Waals surface area (Å²) in [6.07, 6.45) is 0. The number of nitrogens with two attached hydrogens (primary N) is 1. The van der Waals surface area contributed by atoms with Crippen molar-refractivity contribution in [3.63, 3.8) is 0 Å².